The summed E-state index contributed by atoms with van der Waals surface area (Å²) < 4.78 is 5.09. The Morgan fingerprint density at radius 3 is 2.65 bits per heavy atom. The van der Waals surface area contributed by atoms with Gasteiger partial charge in [-0.1, -0.05) is 6.42 Å². The molecule has 5 heteroatoms. The minimum absolute atomic E-state index is 0.528. The molecule has 2 rings (SSSR count). The second kappa shape index (κ2) is 5.31. The number of methoxy groups -OCH3 is 1. The first-order chi connectivity index (χ1) is 8.20. The summed E-state index contributed by atoms with van der Waals surface area (Å²) in [7, 11) is 1.61. The Balaban J connectivity index is 2.07. The van der Waals surface area contributed by atoms with E-state index in [1.807, 2.05) is 6.07 Å². The molecule has 5 nitrogen and oxygen atoms in total. The summed E-state index contributed by atoms with van der Waals surface area (Å²) in [5.41, 5.74) is 3.36. The first-order valence-corrected chi connectivity index (χ1v) is 6.11. The average molecular weight is 236 g/mol. The highest BCUT2D eigenvalue weighted by Crippen LogP contribution is 2.23. The van der Waals surface area contributed by atoms with Crippen LogP contribution in [-0.2, 0) is 0 Å². The fourth-order valence-electron chi connectivity index (χ4n) is 2.29. The summed E-state index contributed by atoms with van der Waals surface area (Å²) in [6, 6.07) is 2.87. The number of rotatable bonds is 3. The molecule has 0 radical (unpaired) electrons. The maximum Gasteiger partial charge on any atom is 0.218 e. The van der Waals surface area contributed by atoms with Crippen LogP contribution in [0.5, 0.6) is 5.88 Å². The first kappa shape index (κ1) is 12.1. The summed E-state index contributed by atoms with van der Waals surface area (Å²) in [5.74, 6) is 1.37. The monoisotopic (exact) mass is 236 g/mol. The van der Waals surface area contributed by atoms with Gasteiger partial charge in [0.05, 0.1) is 7.11 Å². The van der Waals surface area contributed by atoms with Gasteiger partial charge < -0.3 is 10.2 Å². The lowest BCUT2D eigenvalue weighted by atomic mass is 10.00. The van der Waals surface area contributed by atoms with Crippen molar-refractivity contribution in [1.29, 1.82) is 0 Å². The Morgan fingerprint density at radius 2 is 2.00 bits per heavy atom. The molecule has 2 unspecified atom stereocenters. The van der Waals surface area contributed by atoms with E-state index in [0.29, 0.717) is 18.0 Å². The van der Waals surface area contributed by atoms with E-state index in [-0.39, 0.29) is 0 Å². The van der Waals surface area contributed by atoms with E-state index in [4.69, 9.17) is 4.74 Å². The second-order valence-corrected chi connectivity index (χ2v) is 4.59. The van der Waals surface area contributed by atoms with E-state index in [2.05, 4.69) is 34.3 Å². The molecule has 0 spiro atoms. The van der Waals surface area contributed by atoms with Gasteiger partial charge in [-0.05, 0) is 26.7 Å². The number of anilines is 1. The molecule has 0 aromatic carbocycles. The fourth-order valence-corrected chi connectivity index (χ4v) is 2.29. The Morgan fingerprint density at radius 1 is 1.29 bits per heavy atom. The van der Waals surface area contributed by atoms with Crippen LogP contribution in [0.2, 0.25) is 0 Å². The summed E-state index contributed by atoms with van der Waals surface area (Å²) >= 11 is 0. The number of ether oxygens (including phenoxy) is 1. The van der Waals surface area contributed by atoms with Gasteiger partial charge in [-0.2, -0.15) is 0 Å². The molecule has 94 valence electrons. The highest BCUT2D eigenvalue weighted by molar-refractivity contribution is 5.36. The fraction of sp³-hybridized carbons (Fsp3) is 0.667. The molecular formula is C12H20N4O. The van der Waals surface area contributed by atoms with Gasteiger partial charge in [0.1, 0.15) is 12.1 Å². The lowest BCUT2D eigenvalue weighted by Crippen LogP contribution is -2.47. The van der Waals surface area contributed by atoms with E-state index < -0.39 is 0 Å². The van der Waals surface area contributed by atoms with Crippen molar-refractivity contribution in [2.75, 3.05) is 12.5 Å². The van der Waals surface area contributed by atoms with Gasteiger partial charge in [-0.15, -0.1) is 0 Å². The number of aromatic nitrogens is 2. The molecule has 1 saturated heterocycles. The van der Waals surface area contributed by atoms with Gasteiger partial charge in [-0.25, -0.2) is 15.0 Å². The maximum atomic E-state index is 5.09. The predicted molar refractivity (Wildman–Crippen MR) is 66.8 cm³/mol. The van der Waals surface area contributed by atoms with E-state index in [0.717, 1.165) is 5.82 Å². The zero-order valence-corrected chi connectivity index (χ0v) is 10.7. The van der Waals surface area contributed by atoms with Gasteiger partial charge >= 0.3 is 0 Å². The normalized spacial score (nSPS) is 25.6. The van der Waals surface area contributed by atoms with Crippen LogP contribution in [-0.4, -0.2) is 34.2 Å². The third kappa shape index (κ3) is 2.85. The largest absolute Gasteiger partial charge is 0.481 e. The SMILES string of the molecule is COc1cc(NN2C(C)CCCC2C)ncn1. The molecule has 0 bridgehead atoms. The molecular weight excluding hydrogens is 216 g/mol. The van der Waals surface area contributed by atoms with Crippen molar-refractivity contribution in [3.63, 3.8) is 0 Å². The number of hydrogen-bond acceptors (Lipinski definition) is 5. The third-order valence-corrected chi connectivity index (χ3v) is 3.29. The van der Waals surface area contributed by atoms with E-state index in [1.165, 1.54) is 25.6 Å². The van der Waals surface area contributed by atoms with Gasteiger partial charge in [-0.3, -0.25) is 0 Å². The van der Waals surface area contributed by atoms with Crippen molar-refractivity contribution in [2.24, 2.45) is 0 Å². The lowest BCUT2D eigenvalue weighted by Gasteiger charge is -2.39. The molecule has 2 atom stereocenters. The lowest BCUT2D eigenvalue weighted by molar-refractivity contribution is 0.135. The van der Waals surface area contributed by atoms with Crippen molar-refractivity contribution < 1.29 is 4.74 Å². The molecule has 1 N–H and O–H groups in total. The van der Waals surface area contributed by atoms with Gasteiger partial charge in [0, 0.05) is 18.2 Å². The molecule has 1 aliphatic heterocycles. The van der Waals surface area contributed by atoms with E-state index in [9.17, 15) is 0 Å². The molecule has 2 heterocycles. The Labute approximate surface area is 102 Å². The molecule has 0 amide bonds. The van der Waals surface area contributed by atoms with Crippen molar-refractivity contribution >= 4 is 5.82 Å². The molecule has 1 aromatic heterocycles. The van der Waals surface area contributed by atoms with Gasteiger partial charge in [0.2, 0.25) is 5.88 Å². The van der Waals surface area contributed by atoms with Crippen LogP contribution < -0.4 is 10.2 Å². The quantitative estimate of drug-likeness (QED) is 0.870. The van der Waals surface area contributed by atoms with Crippen molar-refractivity contribution in [1.82, 2.24) is 15.0 Å². The summed E-state index contributed by atoms with van der Waals surface area (Å²) in [5, 5.41) is 2.27. The molecule has 1 aromatic rings. The van der Waals surface area contributed by atoms with Crippen LogP contribution >= 0.6 is 0 Å². The van der Waals surface area contributed by atoms with Gasteiger partial charge in [0.15, 0.2) is 0 Å². The predicted octanol–water partition coefficient (Wildman–Crippen LogP) is 2.08. The smallest absolute Gasteiger partial charge is 0.218 e. The number of nitrogens with one attached hydrogen (secondary N) is 1. The molecule has 0 aliphatic carbocycles. The van der Waals surface area contributed by atoms with Crippen LogP contribution in [0.4, 0.5) is 5.82 Å². The van der Waals surface area contributed by atoms with Crippen molar-refractivity contribution in [3.05, 3.63) is 12.4 Å². The summed E-state index contributed by atoms with van der Waals surface area (Å²) in [6.07, 6.45) is 5.26. The van der Waals surface area contributed by atoms with Crippen LogP contribution in [0.1, 0.15) is 33.1 Å². The number of hydrazine groups is 1. The molecule has 1 aliphatic rings. The number of nitrogens with zero attached hydrogens (tertiary/aromatic N) is 3. The minimum atomic E-state index is 0.528. The number of hydrogen-bond donors (Lipinski definition) is 1. The third-order valence-electron chi connectivity index (χ3n) is 3.29. The summed E-state index contributed by atoms with van der Waals surface area (Å²) in [6.45, 7) is 4.47. The van der Waals surface area contributed by atoms with E-state index >= 15 is 0 Å². The zero-order chi connectivity index (χ0) is 12.3. The highest BCUT2D eigenvalue weighted by Gasteiger charge is 2.24. The van der Waals surface area contributed by atoms with Crippen molar-refractivity contribution in [3.8, 4) is 5.88 Å². The second-order valence-electron chi connectivity index (χ2n) is 4.59. The van der Waals surface area contributed by atoms with Crippen LogP contribution in [0.25, 0.3) is 0 Å². The Bertz CT molecular complexity index is 361. The standard InChI is InChI=1S/C12H20N4O/c1-9-5-4-6-10(2)16(9)15-11-7-12(17-3)14-8-13-11/h7-10H,4-6H2,1-3H3,(H,13,14,15). The summed E-state index contributed by atoms with van der Waals surface area (Å²) in [4.78, 5) is 8.20. The minimum Gasteiger partial charge on any atom is -0.481 e. The highest BCUT2D eigenvalue weighted by atomic mass is 16.5. The molecule has 17 heavy (non-hydrogen) atoms. The Kier molecular flexibility index (Phi) is 3.78. The Hall–Kier alpha value is -1.36. The molecule has 0 saturated carbocycles. The topological polar surface area (TPSA) is 50.3 Å². The van der Waals surface area contributed by atoms with E-state index in [1.54, 1.807) is 7.11 Å². The average Bonchev–Trinajstić information content (AvgIpc) is 2.34. The van der Waals surface area contributed by atoms with Crippen LogP contribution in [0, 0.1) is 0 Å². The first-order valence-electron chi connectivity index (χ1n) is 6.11. The zero-order valence-electron chi connectivity index (χ0n) is 10.7. The van der Waals surface area contributed by atoms with Gasteiger partial charge in [0.25, 0.3) is 0 Å². The van der Waals surface area contributed by atoms with Crippen molar-refractivity contribution in [2.45, 2.75) is 45.2 Å². The van der Waals surface area contributed by atoms with Crippen LogP contribution in [0.3, 0.4) is 0 Å². The maximum absolute atomic E-state index is 5.09. The molecule has 1 fully saturated rings. The number of piperidine rings is 1. The van der Waals surface area contributed by atoms with Crippen LogP contribution in [0.15, 0.2) is 12.4 Å².